The van der Waals surface area contributed by atoms with Crippen LogP contribution >= 0.6 is 11.8 Å². The van der Waals surface area contributed by atoms with Gasteiger partial charge in [-0.05, 0) is 37.0 Å². The van der Waals surface area contributed by atoms with Crippen LogP contribution in [0, 0.1) is 0 Å². The number of carbonyl (C=O) groups excluding carboxylic acids is 1. The largest absolute Gasteiger partial charge is 0.496 e. The van der Waals surface area contributed by atoms with Crippen molar-refractivity contribution in [1.29, 1.82) is 0 Å². The van der Waals surface area contributed by atoms with E-state index in [1.165, 1.54) is 11.8 Å². The number of ether oxygens (including phenoxy) is 1. The zero-order valence-electron chi connectivity index (χ0n) is 17.9. The number of amides is 1. The van der Waals surface area contributed by atoms with Crippen molar-refractivity contribution in [3.8, 4) is 17.1 Å². The fourth-order valence-corrected chi connectivity index (χ4v) is 4.74. The van der Waals surface area contributed by atoms with E-state index in [0.29, 0.717) is 18.3 Å². The summed E-state index contributed by atoms with van der Waals surface area (Å²) in [6.45, 7) is 0.565. The van der Waals surface area contributed by atoms with E-state index in [2.05, 4.69) is 37.2 Å². The molecule has 8 heteroatoms. The van der Waals surface area contributed by atoms with Crippen molar-refractivity contribution in [2.45, 2.75) is 30.5 Å². The van der Waals surface area contributed by atoms with Crippen molar-refractivity contribution in [2.75, 3.05) is 19.4 Å². The van der Waals surface area contributed by atoms with Crippen LogP contribution in [-0.2, 0) is 11.2 Å². The molecule has 0 radical (unpaired) electrons. The van der Waals surface area contributed by atoms with Gasteiger partial charge in [-0.1, -0.05) is 48.2 Å². The van der Waals surface area contributed by atoms with Crippen LogP contribution in [0.5, 0.6) is 5.75 Å². The van der Waals surface area contributed by atoms with Crippen LogP contribution < -0.4 is 10.1 Å². The summed E-state index contributed by atoms with van der Waals surface area (Å²) in [6.07, 6.45) is 4.95. The summed E-state index contributed by atoms with van der Waals surface area (Å²) in [5.74, 6) is 2.01. The van der Waals surface area contributed by atoms with Crippen LogP contribution in [0.25, 0.3) is 22.3 Å². The van der Waals surface area contributed by atoms with Crippen LogP contribution in [0.4, 0.5) is 0 Å². The van der Waals surface area contributed by atoms with Crippen molar-refractivity contribution in [3.05, 3.63) is 60.3 Å². The number of H-pyrrole nitrogens is 1. The normalized spacial score (nSPS) is 13.4. The molecular weight excluding hydrogens is 422 g/mol. The number of rotatable bonds is 9. The van der Waals surface area contributed by atoms with E-state index in [1.54, 1.807) is 7.11 Å². The summed E-state index contributed by atoms with van der Waals surface area (Å²) in [5, 5.41) is 13.9. The lowest BCUT2D eigenvalue weighted by Crippen LogP contribution is -2.27. The molecule has 5 rings (SSSR count). The van der Waals surface area contributed by atoms with Crippen molar-refractivity contribution in [3.63, 3.8) is 0 Å². The number of thioether (sulfide) groups is 1. The summed E-state index contributed by atoms with van der Waals surface area (Å²) in [7, 11) is 1.66. The maximum absolute atomic E-state index is 12.4. The Hall–Kier alpha value is -3.26. The van der Waals surface area contributed by atoms with E-state index in [0.717, 1.165) is 58.0 Å². The molecule has 2 aromatic carbocycles. The average molecular weight is 448 g/mol. The fraction of sp³-hybridized carbons (Fsp3) is 0.292. The molecule has 2 N–H and O–H groups in total. The van der Waals surface area contributed by atoms with Gasteiger partial charge in [-0.2, -0.15) is 0 Å². The van der Waals surface area contributed by atoms with E-state index in [-0.39, 0.29) is 5.91 Å². The van der Waals surface area contributed by atoms with Crippen LogP contribution in [0.15, 0.2) is 59.9 Å². The predicted molar refractivity (Wildman–Crippen MR) is 126 cm³/mol. The highest BCUT2D eigenvalue weighted by Crippen LogP contribution is 2.42. The first-order chi connectivity index (χ1) is 15.7. The monoisotopic (exact) mass is 447 g/mol. The molecule has 1 fully saturated rings. The highest BCUT2D eigenvalue weighted by atomic mass is 32.2. The number of hydrogen-bond donors (Lipinski definition) is 2. The summed E-state index contributed by atoms with van der Waals surface area (Å²) in [5.41, 5.74) is 3.21. The number of methoxy groups -OCH3 is 1. The van der Waals surface area contributed by atoms with Crippen molar-refractivity contribution < 1.29 is 9.53 Å². The number of aromatic nitrogens is 4. The van der Waals surface area contributed by atoms with E-state index in [1.807, 2.05) is 42.6 Å². The van der Waals surface area contributed by atoms with Gasteiger partial charge in [0, 0.05) is 35.2 Å². The highest BCUT2D eigenvalue weighted by Gasteiger charge is 2.31. The smallest absolute Gasteiger partial charge is 0.230 e. The summed E-state index contributed by atoms with van der Waals surface area (Å²) in [4.78, 5) is 15.8. The third kappa shape index (κ3) is 4.23. The first-order valence-electron chi connectivity index (χ1n) is 10.8. The topological polar surface area (TPSA) is 84.8 Å². The zero-order valence-corrected chi connectivity index (χ0v) is 18.7. The van der Waals surface area contributed by atoms with E-state index in [9.17, 15) is 4.79 Å². The molecule has 1 aliphatic rings. The lowest BCUT2D eigenvalue weighted by Gasteiger charge is -2.10. The maximum Gasteiger partial charge on any atom is 0.230 e. The van der Waals surface area contributed by atoms with Gasteiger partial charge in [0.25, 0.3) is 0 Å². The third-order valence-corrected chi connectivity index (χ3v) is 6.59. The predicted octanol–water partition coefficient (Wildman–Crippen LogP) is 4.22. The second-order valence-electron chi connectivity index (χ2n) is 7.86. The Balaban J connectivity index is 1.24. The standard InChI is InChI=1S/C24H25N5O2S/c1-31-21-9-5-2-6-16(21)12-13-25-22(30)15-32-24-28-27-23(29(24)17-10-11-17)19-14-26-20-8-4-3-7-18(19)20/h2-9,14,17,26H,10-13,15H2,1H3,(H,25,30). The van der Waals surface area contributed by atoms with E-state index in [4.69, 9.17) is 4.74 Å². The Morgan fingerprint density at radius 1 is 1.19 bits per heavy atom. The second kappa shape index (κ2) is 9.08. The molecule has 0 spiro atoms. The first kappa shape index (κ1) is 20.6. The lowest BCUT2D eigenvalue weighted by atomic mass is 10.1. The number of nitrogens with zero attached hydrogens (tertiary/aromatic N) is 3. The van der Waals surface area contributed by atoms with Crippen molar-refractivity contribution >= 4 is 28.6 Å². The lowest BCUT2D eigenvalue weighted by molar-refractivity contribution is -0.118. The zero-order chi connectivity index (χ0) is 21.9. The van der Waals surface area contributed by atoms with Crippen LogP contribution in [0.3, 0.4) is 0 Å². The number of hydrogen-bond acceptors (Lipinski definition) is 5. The summed E-state index contributed by atoms with van der Waals surface area (Å²) < 4.78 is 7.57. The number of aromatic amines is 1. The van der Waals surface area contributed by atoms with Gasteiger partial charge in [0.15, 0.2) is 11.0 Å². The Morgan fingerprint density at radius 3 is 2.84 bits per heavy atom. The Kier molecular flexibility index (Phi) is 5.85. The second-order valence-corrected chi connectivity index (χ2v) is 8.80. The van der Waals surface area contributed by atoms with Gasteiger partial charge in [0.2, 0.25) is 5.91 Å². The Bertz CT molecular complexity index is 1240. The van der Waals surface area contributed by atoms with Crippen LogP contribution in [-0.4, -0.2) is 45.1 Å². The first-order valence-corrected chi connectivity index (χ1v) is 11.8. The average Bonchev–Trinajstić information content (AvgIpc) is 3.43. The molecule has 0 atom stereocenters. The van der Waals surface area contributed by atoms with Gasteiger partial charge < -0.3 is 15.0 Å². The number of fused-ring (bicyclic) bond motifs is 1. The fourth-order valence-electron chi connectivity index (χ4n) is 3.90. The number of nitrogens with one attached hydrogen (secondary N) is 2. The van der Waals surface area contributed by atoms with Gasteiger partial charge in [-0.3, -0.25) is 9.36 Å². The molecule has 1 aliphatic carbocycles. The molecule has 164 valence electrons. The molecule has 0 saturated heterocycles. The van der Waals surface area contributed by atoms with Gasteiger partial charge in [-0.25, -0.2) is 0 Å². The van der Waals surface area contributed by atoms with Gasteiger partial charge in [0.05, 0.1) is 12.9 Å². The maximum atomic E-state index is 12.4. The minimum absolute atomic E-state index is 0.0103. The van der Waals surface area contributed by atoms with Crippen molar-refractivity contribution in [1.82, 2.24) is 25.1 Å². The molecule has 0 aliphatic heterocycles. The molecule has 7 nitrogen and oxygen atoms in total. The van der Waals surface area contributed by atoms with Gasteiger partial charge in [0.1, 0.15) is 5.75 Å². The molecule has 1 saturated carbocycles. The molecular formula is C24H25N5O2S. The molecule has 32 heavy (non-hydrogen) atoms. The van der Waals surface area contributed by atoms with Crippen LogP contribution in [0.1, 0.15) is 24.4 Å². The third-order valence-electron chi connectivity index (χ3n) is 5.65. The molecule has 2 aromatic heterocycles. The molecule has 1 amide bonds. The van der Waals surface area contributed by atoms with Gasteiger partial charge >= 0.3 is 0 Å². The Labute approximate surface area is 190 Å². The number of para-hydroxylation sites is 2. The van der Waals surface area contributed by atoms with Gasteiger partial charge in [-0.15, -0.1) is 10.2 Å². The minimum Gasteiger partial charge on any atom is -0.496 e. The minimum atomic E-state index is -0.0103. The number of carbonyl (C=O) groups is 1. The highest BCUT2D eigenvalue weighted by molar-refractivity contribution is 7.99. The number of benzene rings is 2. The SMILES string of the molecule is COc1ccccc1CCNC(=O)CSc1nnc(-c2c[nH]c3ccccc23)n1C1CC1. The van der Waals surface area contributed by atoms with E-state index < -0.39 is 0 Å². The molecule has 4 aromatic rings. The summed E-state index contributed by atoms with van der Waals surface area (Å²) >= 11 is 1.44. The molecule has 0 unspecified atom stereocenters. The van der Waals surface area contributed by atoms with Crippen molar-refractivity contribution in [2.24, 2.45) is 0 Å². The quantitative estimate of drug-likeness (QED) is 0.375. The summed E-state index contributed by atoms with van der Waals surface area (Å²) in [6, 6.07) is 16.5. The molecule has 0 bridgehead atoms. The molecule has 2 heterocycles. The Morgan fingerprint density at radius 2 is 2.00 bits per heavy atom. The van der Waals surface area contributed by atoms with Crippen LogP contribution in [0.2, 0.25) is 0 Å². The van der Waals surface area contributed by atoms with E-state index >= 15 is 0 Å².